The van der Waals surface area contributed by atoms with Gasteiger partial charge in [0.15, 0.2) is 0 Å². The second kappa shape index (κ2) is 7.04. The number of urea groups is 1. The van der Waals surface area contributed by atoms with Gasteiger partial charge in [-0.3, -0.25) is 0 Å². The van der Waals surface area contributed by atoms with E-state index in [-0.39, 0.29) is 6.03 Å². The fraction of sp³-hybridized carbons (Fsp3) is 0.400. The zero-order valence-electron chi connectivity index (χ0n) is 12.3. The van der Waals surface area contributed by atoms with Gasteiger partial charge in [0.1, 0.15) is 12.7 Å². The average Bonchev–Trinajstić information content (AvgIpc) is 3.08. The Labute approximate surface area is 128 Å². The molecule has 2 aromatic rings. The summed E-state index contributed by atoms with van der Waals surface area (Å²) in [6, 6.07) is 8.09. The molecule has 3 rings (SSSR count). The number of rotatable bonds is 4. The van der Waals surface area contributed by atoms with Gasteiger partial charge in [-0.25, -0.2) is 14.5 Å². The summed E-state index contributed by atoms with van der Waals surface area (Å²) in [5.41, 5.74) is 2.22. The molecular formula is C15H19N5O2. The van der Waals surface area contributed by atoms with Crippen molar-refractivity contribution in [1.29, 1.82) is 0 Å². The Hall–Kier alpha value is -2.41. The van der Waals surface area contributed by atoms with E-state index in [1.807, 2.05) is 24.3 Å². The first-order valence-corrected chi connectivity index (χ1v) is 7.32. The van der Waals surface area contributed by atoms with E-state index in [1.165, 1.54) is 6.33 Å². The topological polar surface area (TPSA) is 72.3 Å². The maximum atomic E-state index is 12.0. The predicted molar refractivity (Wildman–Crippen MR) is 80.2 cm³/mol. The van der Waals surface area contributed by atoms with E-state index in [4.69, 9.17) is 4.74 Å². The van der Waals surface area contributed by atoms with Crippen molar-refractivity contribution in [2.24, 2.45) is 0 Å². The van der Waals surface area contributed by atoms with Crippen LogP contribution in [0.25, 0.3) is 0 Å². The molecule has 0 spiro atoms. The molecule has 7 heteroatoms. The molecule has 0 aliphatic carbocycles. The molecule has 0 radical (unpaired) electrons. The molecule has 22 heavy (non-hydrogen) atoms. The molecule has 1 fully saturated rings. The number of nitrogens with zero attached hydrogens (tertiary/aromatic N) is 4. The van der Waals surface area contributed by atoms with E-state index in [2.05, 4.69) is 15.4 Å². The van der Waals surface area contributed by atoms with Gasteiger partial charge in [-0.15, -0.1) is 0 Å². The molecule has 7 nitrogen and oxygen atoms in total. The van der Waals surface area contributed by atoms with Crippen LogP contribution in [0.15, 0.2) is 36.9 Å². The molecule has 1 aliphatic heterocycles. The lowest BCUT2D eigenvalue weighted by Crippen LogP contribution is -2.45. The van der Waals surface area contributed by atoms with Crippen LogP contribution in [0, 0.1) is 0 Å². The lowest BCUT2D eigenvalue weighted by molar-refractivity contribution is 0.0531. The molecule has 2 amide bonds. The molecule has 0 saturated carbocycles. The first kappa shape index (κ1) is 14.5. The van der Waals surface area contributed by atoms with Gasteiger partial charge in [0.05, 0.1) is 19.8 Å². The predicted octanol–water partition coefficient (Wildman–Crippen LogP) is 0.868. The number of benzene rings is 1. The molecule has 1 aromatic heterocycles. The highest BCUT2D eigenvalue weighted by atomic mass is 16.5. The van der Waals surface area contributed by atoms with E-state index in [0.717, 1.165) is 11.1 Å². The third-order valence-corrected chi connectivity index (χ3v) is 3.58. The van der Waals surface area contributed by atoms with Gasteiger partial charge < -0.3 is 15.0 Å². The van der Waals surface area contributed by atoms with Crippen LogP contribution in [-0.4, -0.2) is 52.0 Å². The van der Waals surface area contributed by atoms with Gasteiger partial charge in [-0.2, -0.15) is 5.10 Å². The summed E-state index contributed by atoms with van der Waals surface area (Å²) in [5, 5.41) is 7.02. The monoisotopic (exact) mass is 301 g/mol. The van der Waals surface area contributed by atoms with Crippen LogP contribution < -0.4 is 5.32 Å². The minimum atomic E-state index is -0.0324. The first-order chi connectivity index (χ1) is 10.8. The molecule has 0 unspecified atom stereocenters. The van der Waals surface area contributed by atoms with Crippen LogP contribution in [-0.2, 0) is 17.8 Å². The van der Waals surface area contributed by atoms with Crippen molar-refractivity contribution >= 4 is 6.03 Å². The van der Waals surface area contributed by atoms with Crippen LogP contribution >= 0.6 is 0 Å². The number of aromatic nitrogens is 3. The molecule has 0 atom stereocenters. The number of carbonyl (C=O) groups excluding carboxylic acids is 1. The minimum absolute atomic E-state index is 0.0324. The second-order valence-electron chi connectivity index (χ2n) is 5.17. The van der Waals surface area contributed by atoms with Gasteiger partial charge in [0, 0.05) is 19.6 Å². The fourth-order valence-electron chi connectivity index (χ4n) is 2.32. The number of ether oxygens (including phenoxy) is 1. The summed E-state index contributed by atoms with van der Waals surface area (Å²) in [6.45, 7) is 3.76. The van der Waals surface area contributed by atoms with E-state index < -0.39 is 0 Å². The van der Waals surface area contributed by atoms with Gasteiger partial charge in [-0.1, -0.05) is 24.3 Å². The van der Waals surface area contributed by atoms with Crippen molar-refractivity contribution in [3.05, 3.63) is 48.0 Å². The number of morpholine rings is 1. The van der Waals surface area contributed by atoms with Gasteiger partial charge in [-0.05, 0) is 11.1 Å². The van der Waals surface area contributed by atoms with E-state index >= 15 is 0 Å². The van der Waals surface area contributed by atoms with Crippen LogP contribution in [0.3, 0.4) is 0 Å². The zero-order valence-corrected chi connectivity index (χ0v) is 12.3. The zero-order chi connectivity index (χ0) is 15.2. The number of amides is 2. The number of hydrogen-bond donors (Lipinski definition) is 1. The standard InChI is InChI=1S/C15H19N5O2/c21-15(19-5-7-22-8-6-19)17-9-13-1-3-14(4-2-13)10-20-12-16-11-18-20/h1-4,11-12H,5-10H2,(H,17,21). The Morgan fingerprint density at radius 2 is 1.91 bits per heavy atom. The third kappa shape index (κ3) is 3.82. The molecular weight excluding hydrogens is 282 g/mol. The highest BCUT2D eigenvalue weighted by Gasteiger charge is 2.15. The summed E-state index contributed by atoms with van der Waals surface area (Å²) >= 11 is 0. The normalized spacial score (nSPS) is 14.8. The molecule has 1 N–H and O–H groups in total. The maximum absolute atomic E-state index is 12.0. The summed E-state index contributed by atoms with van der Waals surface area (Å²) < 4.78 is 7.01. The lowest BCUT2D eigenvalue weighted by Gasteiger charge is -2.26. The molecule has 1 saturated heterocycles. The summed E-state index contributed by atoms with van der Waals surface area (Å²) in [5.74, 6) is 0. The Kier molecular flexibility index (Phi) is 4.65. The second-order valence-corrected chi connectivity index (χ2v) is 5.17. The molecule has 116 valence electrons. The lowest BCUT2D eigenvalue weighted by atomic mass is 10.1. The molecule has 1 aliphatic rings. The van der Waals surface area contributed by atoms with Gasteiger partial charge in [0.2, 0.25) is 0 Å². The van der Waals surface area contributed by atoms with E-state index in [9.17, 15) is 4.79 Å². The van der Waals surface area contributed by atoms with E-state index in [0.29, 0.717) is 39.4 Å². The molecule has 1 aromatic carbocycles. The quantitative estimate of drug-likeness (QED) is 0.909. The molecule has 0 bridgehead atoms. The van der Waals surface area contributed by atoms with Crippen LogP contribution in [0.1, 0.15) is 11.1 Å². The Morgan fingerprint density at radius 3 is 2.59 bits per heavy atom. The van der Waals surface area contributed by atoms with Gasteiger partial charge >= 0.3 is 6.03 Å². The number of nitrogens with one attached hydrogen (secondary N) is 1. The van der Waals surface area contributed by atoms with Crippen molar-refractivity contribution in [3.8, 4) is 0 Å². The van der Waals surface area contributed by atoms with Crippen LogP contribution in [0.2, 0.25) is 0 Å². The number of hydrogen-bond acceptors (Lipinski definition) is 4. The highest BCUT2D eigenvalue weighted by molar-refractivity contribution is 5.74. The Morgan fingerprint density at radius 1 is 1.18 bits per heavy atom. The summed E-state index contributed by atoms with van der Waals surface area (Å²) in [7, 11) is 0. The first-order valence-electron chi connectivity index (χ1n) is 7.32. The van der Waals surface area contributed by atoms with E-state index in [1.54, 1.807) is 15.9 Å². The van der Waals surface area contributed by atoms with Crippen molar-refractivity contribution in [2.45, 2.75) is 13.1 Å². The smallest absolute Gasteiger partial charge is 0.317 e. The largest absolute Gasteiger partial charge is 0.378 e. The van der Waals surface area contributed by atoms with Gasteiger partial charge in [0.25, 0.3) is 0 Å². The maximum Gasteiger partial charge on any atom is 0.317 e. The Bertz CT molecular complexity index is 591. The SMILES string of the molecule is O=C(NCc1ccc(Cn2cncn2)cc1)N1CCOCC1. The van der Waals surface area contributed by atoms with Crippen LogP contribution in [0.4, 0.5) is 4.79 Å². The minimum Gasteiger partial charge on any atom is -0.378 e. The van der Waals surface area contributed by atoms with Crippen LogP contribution in [0.5, 0.6) is 0 Å². The average molecular weight is 301 g/mol. The summed E-state index contributed by atoms with van der Waals surface area (Å²) in [6.07, 6.45) is 3.21. The number of carbonyl (C=O) groups is 1. The fourth-order valence-corrected chi connectivity index (χ4v) is 2.32. The molecule has 2 heterocycles. The van der Waals surface area contributed by atoms with Crippen molar-refractivity contribution in [1.82, 2.24) is 25.0 Å². The van der Waals surface area contributed by atoms with Crippen molar-refractivity contribution in [3.63, 3.8) is 0 Å². The highest BCUT2D eigenvalue weighted by Crippen LogP contribution is 2.06. The third-order valence-electron chi connectivity index (χ3n) is 3.58. The Balaban J connectivity index is 1.49. The van der Waals surface area contributed by atoms with Crippen molar-refractivity contribution < 1.29 is 9.53 Å². The summed E-state index contributed by atoms with van der Waals surface area (Å²) in [4.78, 5) is 17.7. The van der Waals surface area contributed by atoms with Crippen molar-refractivity contribution in [2.75, 3.05) is 26.3 Å².